The van der Waals surface area contributed by atoms with Gasteiger partial charge in [-0.05, 0) is 39.1 Å². The molecule has 3 N–H and O–H groups in total. The fourth-order valence-electron chi connectivity index (χ4n) is 6.44. The summed E-state index contributed by atoms with van der Waals surface area (Å²) in [5, 5.41) is 15.0. The van der Waals surface area contributed by atoms with Crippen LogP contribution in [-0.4, -0.2) is 120 Å². The van der Waals surface area contributed by atoms with E-state index < -0.39 is 33.9 Å². The number of nitrogens with one attached hydrogen (secondary N) is 2. The zero-order valence-electron chi connectivity index (χ0n) is 25.5. The molecule has 0 spiro atoms. The average molecular weight is 565 g/mol. The molecule has 5 rings (SSSR count). The van der Waals surface area contributed by atoms with Crippen molar-refractivity contribution in [1.82, 2.24) is 15.1 Å². The molecule has 0 saturated carbocycles. The van der Waals surface area contributed by atoms with Gasteiger partial charge in [-0.2, -0.15) is 0 Å². The number of benzene rings is 2. The summed E-state index contributed by atoms with van der Waals surface area (Å²) in [4.78, 5) is 42.9. The number of rotatable bonds is 6. The molecule has 212 valence electrons. The van der Waals surface area contributed by atoms with Crippen molar-refractivity contribution in [3.8, 4) is 0 Å². The van der Waals surface area contributed by atoms with E-state index in [1.807, 2.05) is 23.5 Å². The van der Waals surface area contributed by atoms with Crippen LogP contribution in [0.2, 0.25) is 10.4 Å². The molecule has 3 heterocycles. The lowest BCUT2D eigenvalue weighted by Gasteiger charge is -2.56. The van der Waals surface area contributed by atoms with Crippen molar-refractivity contribution in [2.75, 3.05) is 31.6 Å². The molecule has 1 atom stereocenters. The van der Waals surface area contributed by atoms with Crippen LogP contribution in [-0.2, 0) is 34.0 Å². The molecule has 0 radical (unpaired) electrons. The van der Waals surface area contributed by atoms with Crippen LogP contribution in [0.15, 0.2) is 18.2 Å². The van der Waals surface area contributed by atoms with E-state index in [0.29, 0.717) is 47.6 Å². The Morgan fingerprint density at radius 2 is 1.62 bits per heavy atom. The number of anilines is 1. The number of piperidine rings is 1. The van der Waals surface area contributed by atoms with Crippen LogP contribution in [0.3, 0.4) is 0 Å². The van der Waals surface area contributed by atoms with E-state index in [9.17, 15) is 19.5 Å². The van der Waals surface area contributed by atoms with E-state index in [4.69, 9.17) is 4.74 Å². The minimum atomic E-state index is -2.27. The van der Waals surface area contributed by atoms with E-state index in [1.54, 1.807) is 49.6 Å². The Labute approximate surface area is 251 Å². The number of aliphatic hydroxyl groups is 1. The zero-order valence-corrected chi connectivity index (χ0v) is 25.5. The largest absolute Gasteiger partial charge is 0.381 e. The fourth-order valence-corrected chi connectivity index (χ4v) is 6.44. The van der Waals surface area contributed by atoms with Gasteiger partial charge in [-0.3, -0.25) is 29.5 Å². The Morgan fingerprint density at radius 1 is 0.976 bits per heavy atom. The van der Waals surface area contributed by atoms with Gasteiger partial charge in [0.1, 0.15) is 60.7 Å². The van der Waals surface area contributed by atoms with Gasteiger partial charge in [-0.1, -0.05) is 17.0 Å². The molecule has 17 heteroatoms. The number of carbonyl (C=O) groups is 3. The minimum Gasteiger partial charge on any atom is -0.381 e. The number of hydrogen-bond donors (Lipinski definition) is 3. The highest BCUT2D eigenvalue weighted by molar-refractivity contribution is 6.64. The van der Waals surface area contributed by atoms with Crippen LogP contribution in [0, 0.1) is 5.82 Å². The summed E-state index contributed by atoms with van der Waals surface area (Å²) in [6.45, 7) is 3.81. The summed E-state index contributed by atoms with van der Waals surface area (Å²) < 4.78 is 21.3. The molecule has 2 fully saturated rings. The van der Waals surface area contributed by atoms with Gasteiger partial charge < -0.3 is 15.2 Å². The van der Waals surface area contributed by atoms with Gasteiger partial charge in [0.2, 0.25) is 11.6 Å². The first-order valence-corrected chi connectivity index (χ1v) is 14.5. The summed E-state index contributed by atoms with van der Waals surface area (Å²) in [5.41, 5.74) is 3.41. The Morgan fingerprint density at radius 3 is 2.29 bits per heavy atom. The number of halogens is 1. The molecule has 0 bridgehead atoms. The lowest BCUT2D eigenvalue weighted by atomic mass is 9.25. The van der Waals surface area contributed by atoms with E-state index in [2.05, 4.69) is 15.5 Å². The molecule has 3 aliphatic rings. The highest BCUT2D eigenvalue weighted by atomic mass is 19.1. The van der Waals surface area contributed by atoms with E-state index in [1.165, 1.54) is 0 Å². The molecule has 2 aromatic rings. The first kappa shape index (κ1) is 30.6. The molecule has 2 aromatic carbocycles. The predicted octanol–water partition coefficient (Wildman–Crippen LogP) is -7.89. The molecular weight excluding hydrogens is 531 g/mol. The maximum absolute atomic E-state index is 15.8. The lowest BCUT2D eigenvalue weighted by Crippen LogP contribution is -2.74. The maximum atomic E-state index is 15.8. The second-order valence-corrected chi connectivity index (χ2v) is 12.8. The lowest BCUT2D eigenvalue weighted by molar-refractivity contribution is -0.172. The third-order valence-corrected chi connectivity index (χ3v) is 10.4. The van der Waals surface area contributed by atoms with Crippen molar-refractivity contribution in [2.24, 2.45) is 0 Å². The monoisotopic (exact) mass is 566 g/mol. The average Bonchev–Trinajstić information content (AvgIpc) is 3.30. The van der Waals surface area contributed by atoms with E-state index >= 15 is 4.39 Å². The molecular formula is C25H34B7FN4O5. The van der Waals surface area contributed by atoms with E-state index in [-0.39, 0.29) is 18.9 Å². The van der Waals surface area contributed by atoms with Crippen LogP contribution < -0.4 is 27.0 Å². The normalized spacial score (nSPS) is 23.5. The van der Waals surface area contributed by atoms with Crippen molar-refractivity contribution in [1.29, 1.82) is 0 Å². The SMILES string of the molecule is Bc1c(B)c(CNc2cccc3c2CN(C2(O)C(=O)NC(=O)C(B)(B)C2(B)B)C3=O)c(F)c(B)c1CN1CCOCC1. The van der Waals surface area contributed by atoms with Crippen LogP contribution in [0.1, 0.15) is 27.0 Å². The number of carbonyl (C=O) groups excluding carboxylic acids is 3. The molecule has 42 heavy (non-hydrogen) atoms. The summed E-state index contributed by atoms with van der Waals surface area (Å²) in [5.74, 6) is -2.19. The molecule has 9 nitrogen and oxygen atoms in total. The highest BCUT2D eigenvalue weighted by Crippen LogP contribution is 2.55. The standard InChI is InChI=1S/C25H34B7FN4O5/c26-16-12(19(33)18(28)14(17(16)27)9-36-4-6-42-7-5-36)8-34-15-3-1-2-11-13(15)10-37(20(11)38)24(41)22(40)35-21(39)23(29,30)25(24,31)32/h1-3,34,41H,4-10,26-32H2,(H,35,39,40). The van der Waals surface area contributed by atoms with Gasteiger partial charge in [0.15, 0.2) is 0 Å². The topological polar surface area (TPSA) is 111 Å². The minimum absolute atomic E-state index is 0.0486. The van der Waals surface area contributed by atoms with Crippen molar-refractivity contribution in [2.45, 2.75) is 35.8 Å². The number of nitrogens with zero attached hydrogens (tertiary/aromatic N) is 2. The zero-order chi connectivity index (χ0) is 30.8. The summed E-state index contributed by atoms with van der Waals surface area (Å²) >= 11 is 0. The number of imide groups is 1. The number of morpholine rings is 1. The Kier molecular flexibility index (Phi) is 7.77. The Bertz CT molecular complexity index is 1470. The molecule has 2 saturated heterocycles. The van der Waals surface area contributed by atoms with Crippen LogP contribution in [0.4, 0.5) is 10.1 Å². The highest BCUT2D eigenvalue weighted by Gasteiger charge is 2.67. The fraction of sp³-hybridized carbons (Fsp3) is 0.400. The third kappa shape index (κ3) is 4.47. The van der Waals surface area contributed by atoms with Crippen LogP contribution in [0.25, 0.3) is 0 Å². The Hall–Kier alpha value is -2.89. The van der Waals surface area contributed by atoms with Crippen molar-refractivity contribution in [3.05, 3.63) is 46.3 Å². The first-order valence-electron chi connectivity index (χ1n) is 14.5. The van der Waals surface area contributed by atoms with Gasteiger partial charge in [0, 0.05) is 43.0 Å². The predicted molar refractivity (Wildman–Crippen MR) is 178 cm³/mol. The van der Waals surface area contributed by atoms with Gasteiger partial charge >= 0.3 is 0 Å². The number of hydrogen-bond acceptors (Lipinski definition) is 7. The van der Waals surface area contributed by atoms with Gasteiger partial charge in [0.05, 0.1) is 19.8 Å². The number of amides is 3. The summed E-state index contributed by atoms with van der Waals surface area (Å²) in [7, 11) is 12.3. The molecule has 0 aromatic heterocycles. The molecule has 0 aliphatic carbocycles. The van der Waals surface area contributed by atoms with Gasteiger partial charge in [-0.25, -0.2) is 4.39 Å². The smallest absolute Gasteiger partial charge is 0.278 e. The first-order chi connectivity index (χ1) is 19.6. The van der Waals surface area contributed by atoms with Crippen LogP contribution in [0.5, 0.6) is 0 Å². The maximum Gasteiger partial charge on any atom is 0.278 e. The van der Waals surface area contributed by atoms with Crippen LogP contribution >= 0.6 is 0 Å². The van der Waals surface area contributed by atoms with E-state index in [0.717, 1.165) is 34.5 Å². The molecule has 3 aliphatic heterocycles. The molecule has 1 unspecified atom stereocenters. The van der Waals surface area contributed by atoms with Gasteiger partial charge in [-0.15, -0.1) is 0 Å². The number of fused-ring (bicyclic) bond motifs is 1. The van der Waals surface area contributed by atoms with Gasteiger partial charge in [0.25, 0.3) is 11.8 Å². The third-order valence-electron chi connectivity index (χ3n) is 10.4. The quantitative estimate of drug-likeness (QED) is 0.236. The summed E-state index contributed by atoms with van der Waals surface area (Å²) in [6.07, 6.45) is 0. The second kappa shape index (κ2) is 10.7. The van der Waals surface area contributed by atoms with Crippen molar-refractivity contribution < 1.29 is 28.6 Å². The Balaban J connectivity index is 1.42. The van der Waals surface area contributed by atoms with Crippen molar-refractivity contribution in [3.63, 3.8) is 0 Å². The molecule has 3 amide bonds. The number of ether oxygens (including phenoxy) is 1. The second-order valence-electron chi connectivity index (χ2n) is 12.8. The summed E-state index contributed by atoms with van der Waals surface area (Å²) in [6, 6.07) is 5.17. The van der Waals surface area contributed by atoms with Crippen molar-refractivity contribution >= 4 is 94.7 Å².